The lowest BCUT2D eigenvalue weighted by Gasteiger charge is -2.18. The Morgan fingerprint density at radius 2 is 1.82 bits per heavy atom. The second kappa shape index (κ2) is 8.91. The molecule has 5 heteroatoms. The minimum atomic E-state index is -0.614. The Bertz CT molecular complexity index is 845. The molecule has 1 aliphatic rings. The van der Waals surface area contributed by atoms with Crippen LogP contribution in [0.15, 0.2) is 42.5 Å². The lowest BCUT2D eigenvalue weighted by molar-refractivity contribution is -0.126. The van der Waals surface area contributed by atoms with Crippen molar-refractivity contribution in [2.45, 2.75) is 52.6 Å². The summed E-state index contributed by atoms with van der Waals surface area (Å²) in [7, 11) is 0. The van der Waals surface area contributed by atoms with Gasteiger partial charge in [0.2, 0.25) is 5.91 Å². The zero-order valence-corrected chi connectivity index (χ0v) is 16.8. The molecule has 0 aliphatic carbocycles. The number of fused-ring (bicyclic) bond motifs is 1. The lowest BCUT2D eigenvalue weighted by Crippen LogP contribution is -2.36. The topological polar surface area (TPSA) is 58.6 Å². The second-order valence-corrected chi connectivity index (χ2v) is 7.13. The highest BCUT2D eigenvalue weighted by molar-refractivity contribution is 6.06. The van der Waals surface area contributed by atoms with Crippen LogP contribution >= 0.6 is 0 Å². The molecule has 28 heavy (non-hydrogen) atoms. The predicted molar refractivity (Wildman–Crippen MR) is 110 cm³/mol. The number of ether oxygens (including phenoxy) is 1. The molecule has 2 amide bonds. The number of hydrogen-bond acceptors (Lipinski definition) is 3. The highest BCUT2D eigenvalue weighted by Crippen LogP contribution is 2.38. The van der Waals surface area contributed by atoms with Crippen LogP contribution < -0.4 is 15.0 Å². The Morgan fingerprint density at radius 1 is 1.11 bits per heavy atom. The van der Waals surface area contributed by atoms with Crippen molar-refractivity contribution in [1.82, 2.24) is 5.32 Å². The van der Waals surface area contributed by atoms with Gasteiger partial charge < -0.3 is 15.0 Å². The third-order valence-electron chi connectivity index (χ3n) is 4.95. The van der Waals surface area contributed by atoms with Crippen molar-refractivity contribution in [2.24, 2.45) is 0 Å². The number of aryl methyl sites for hydroxylation is 1. The quantitative estimate of drug-likeness (QED) is 0.748. The third kappa shape index (κ3) is 4.35. The second-order valence-electron chi connectivity index (χ2n) is 7.13. The third-order valence-corrected chi connectivity index (χ3v) is 4.95. The summed E-state index contributed by atoms with van der Waals surface area (Å²) in [5.74, 6) is 0.522. The number of carbonyl (C=O) groups is 2. The van der Waals surface area contributed by atoms with Gasteiger partial charge in [-0.25, -0.2) is 0 Å². The van der Waals surface area contributed by atoms with Gasteiger partial charge in [0.25, 0.3) is 5.91 Å². The number of anilines is 1. The van der Waals surface area contributed by atoms with Crippen LogP contribution in [0.2, 0.25) is 0 Å². The smallest absolute Gasteiger partial charge is 0.254 e. The fourth-order valence-electron chi connectivity index (χ4n) is 3.57. The van der Waals surface area contributed by atoms with Gasteiger partial charge in [0.15, 0.2) is 0 Å². The minimum absolute atomic E-state index is 0.0910. The van der Waals surface area contributed by atoms with Crippen LogP contribution in [0.4, 0.5) is 5.69 Å². The number of carbonyl (C=O) groups excluding carboxylic acids is 2. The number of benzene rings is 2. The van der Waals surface area contributed by atoms with Gasteiger partial charge in [0, 0.05) is 18.2 Å². The van der Waals surface area contributed by atoms with Gasteiger partial charge >= 0.3 is 0 Å². The molecule has 1 heterocycles. The summed E-state index contributed by atoms with van der Waals surface area (Å²) >= 11 is 0. The molecule has 3 rings (SSSR count). The van der Waals surface area contributed by atoms with Crippen LogP contribution in [0.25, 0.3) is 0 Å². The molecule has 2 aromatic rings. The minimum Gasteiger partial charge on any atom is -0.494 e. The molecular weight excluding hydrogens is 352 g/mol. The van der Waals surface area contributed by atoms with E-state index in [0.29, 0.717) is 13.2 Å². The van der Waals surface area contributed by atoms with Crippen molar-refractivity contribution in [1.29, 1.82) is 0 Å². The average molecular weight is 380 g/mol. The molecule has 0 saturated heterocycles. The summed E-state index contributed by atoms with van der Waals surface area (Å²) in [4.78, 5) is 26.5. The van der Waals surface area contributed by atoms with E-state index in [-0.39, 0.29) is 11.8 Å². The first-order valence-electron chi connectivity index (χ1n) is 9.96. The number of nitrogens with zero attached hydrogens (tertiary/aromatic N) is 1. The first-order valence-corrected chi connectivity index (χ1v) is 9.96. The van der Waals surface area contributed by atoms with Crippen molar-refractivity contribution in [3.05, 3.63) is 59.2 Å². The molecule has 1 aliphatic heterocycles. The normalized spacial score (nSPS) is 15.5. The van der Waals surface area contributed by atoms with Crippen LogP contribution in [0.1, 0.15) is 56.3 Å². The largest absolute Gasteiger partial charge is 0.494 e. The number of unbranched alkanes of at least 4 members (excludes halogenated alkanes) is 1. The van der Waals surface area contributed by atoms with E-state index < -0.39 is 6.04 Å². The van der Waals surface area contributed by atoms with Gasteiger partial charge in [0.05, 0.1) is 13.2 Å². The van der Waals surface area contributed by atoms with Crippen molar-refractivity contribution in [3.63, 3.8) is 0 Å². The first-order chi connectivity index (χ1) is 13.5. The summed E-state index contributed by atoms with van der Waals surface area (Å²) in [6.07, 6.45) is 3.20. The summed E-state index contributed by atoms with van der Waals surface area (Å²) in [5, 5.41) is 2.82. The summed E-state index contributed by atoms with van der Waals surface area (Å²) in [6, 6.07) is 13.3. The highest BCUT2D eigenvalue weighted by Gasteiger charge is 2.37. The van der Waals surface area contributed by atoms with E-state index in [0.717, 1.165) is 41.8 Å². The van der Waals surface area contributed by atoms with Crippen molar-refractivity contribution >= 4 is 17.5 Å². The van der Waals surface area contributed by atoms with Gasteiger partial charge in [-0.3, -0.25) is 9.59 Å². The standard InChI is InChI=1S/C23H28N2O3/c1-4-6-7-17-10-13-21-20(14-17)22(24-16(3)26)23(27)25(21)15-18-8-11-19(12-9-18)28-5-2/h8-14,22H,4-7,15H2,1-3H3,(H,24,26)/t22-/m0/s1. The lowest BCUT2D eigenvalue weighted by atomic mass is 10.0. The molecule has 0 saturated carbocycles. The molecule has 5 nitrogen and oxygen atoms in total. The van der Waals surface area contributed by atoms with Crippen molar-refractivity contribution < 1.29 is 14.3 Å². The summed E-state index contributed by atoms with van der Waals surface area (Å²) < 4.78 is 5.49. The maximum atomic E-state index is 13.1. The highest BCUT2D eigenvalue weighted by atomic mass is 16.5. The molecular formula is C23H28N2O3. The van der Waals surface area contributed by atoms with E-state index in [1.165, 1.54) is 12.5 Å². The van der Waals surface area contributed by atoms with Crippen LogP contribution in [0.3, 0.4) is 0 Å². The Balaban J connectivity index is 1.87. The predicted octanol–water partition coefficient (Wildman–Crippen LogP) is 4.15. The van der Waals surface area contributed by atoms with E-state index >= 15 is 0 Å². The zero-order valence-electron chi connectivity index (χ0n) is 16.8. The Kier molecular flexibility index (Phi) is 6.34. The van der Waals surface area contributed by atoms with E-state index in [2.05, 4.69) is 24.4 Å². The molecule has 0 fully saturated rings. The summed E-state index contributed by atoms with van der Waals surface area (Å²) in [6.45, 7) is 6.64. The maximum absolute atomic E-state index is 13.1. The Morgan fingerprint density at radius 3 is 2.46 bits per heavy atom. The molecule has 0 radical (unpaired) electrons. The monoisotopic (exact) mass is 380 g/mol. The maximum Gasteiger partial charge on any atom is 0.254 e. The van der Waals surface area contributed by atoms with E-state index in [4.69, 9.17) is 4.74 Å². The SMILES string of the molecule is CCCCc1ccc2c(c1)[C@H](NC(C)=O)C(=O)N2Cc1ccc(OCC)cc1. The number of hydrogen-bond donors (Lipinski definition) is 1. The molecule has 2 aromatic carbocycles. The molecule has 1 N–H and O–H groups in total. The van der Waals surface area contributed by atoms with Crippen LogP contribution in [-0.4, -0.2) is 18.4 Å². The average Bonchev–Trinajstić information content (AvgIpc) is 2.93. The zero-order chi connectivity index (χ0) is 20.1. The van der Waals surface area contributed by atoms with Gasteiger partial charge in [-0.1, -0.05) is 37.6 Å². The van der Waals surface area contributed by atoms with Crippen LogP contribution in [0.5, 0.6) is 5.75 Å². The fraction of sp³-hybridized carbons (Fsp3) is 0.391. The first kappa shape index (κ1) is 19.9. The molecule has 0 unspecified atom stereocenters. The number of nitrogens with one attached hydrogen (secondary N) is 1. The number of amides is 2. The Labute approximate surface area is 166 Å². The van der Waals surface area contributed by atoms with Gasteiger partial charge in [-0.15, -0.1) is 0 Å². The molecule has 0 bridgehead atoms. The van der Waals surface area contributed by atoms with Crippen molar-refractivity contribution in [3.8, 4) is 5.75 Å². The summed E-state index contributed by atoms with van der Waals surface area (Å²) in [5.41, 5.74) is 3.98. The van der Waals surface area contributed by atoms with Crippen LogP contribution in [0, 0.1) is 0 Å². The van der Waals surface area contributed by atoms with E-state index in [1.54, 1.807) is 4.90 Å². The molecule has 1 atom stereocenters. The van der Waals surface area contributed by atoms with Crippen molar-refractivity contribution in [2.75, 3.05) is 11.5 Å². The van der Waals surface area contributed by atoms with Crippen LogP contribution in [-0.2, 0) is 22.6 Å². The fourth-order valence-corrected chi connectivity index (χ4v) is 3.57. The molecule has 0 aromatic heterocycles. The van der Waals surface area contributed by atoms with Gasteiger partial charge in [-0.2, -0.15) is 0 Å². The number of rotatable bonds is 8. The molecule has 148 valence electrons. The van der Waals surface area contributed by atoms with Gasteiger partial charge in [-0.05, 0) is 49.1 Å². The Hall–Kier alpha value is -2.82. The van der Waals surface area contributed by atoms with Gasteiger partial charge in [0.1, 0.15) is 11.8 Å². The van der Waals surface area contributed by atoms with E-state index in [9.17, 15) is 9.59 Å². The van der Waals surface area contributed by atoms with E-state index in [1.807, 2.05) is 37.3 Å². The molecule has 0 spiro atoms.